The fraction of sp³-hybridized carbons (Fsp3) is 0.500. The Labute approximate surface area is 114 Å². The minimum Gasteiger partial charge on any atom is -0.486 e. The van der Waals surface area contributed by atoms with Gasteiger partial charge in [-0.25, -0.2) is 0 Å². The zero-order valence-electron chi connectivity index (χ0n) is 11.0. The van der Waals surface area contributed by atoms with Crippen molar-refractivity contribution in [2.75, 3.05) is 26.2 Å². The average Bonchev–Trinajstić information content (AvgIpc) is 2.90. The van der Waals surface area contributed by atoms with Gasteiger partial charge in [-0.05, 0) is 37.9 Å². The van der Waals surface area contributed by atoms with E-state index in [0.717, 1.165) is 22.8 Å². The Kier molecular flexibility index (Phi) is 2.46. The van der Waals surface area contributed by atoms with Gasteiger partial charge < -0.3 is 14.5 Å². The molecule has 0 unspecified atom stereocenters. The third kappa shape index (κ3) is 1.71. The van der Waals surface area contributed by atoms with Gasteiger partial charge in [0.05, 0.1) is 5.57 Å². The van der Waals surface area contributed by atoms with Crippen LogP contribution in [-0.2, 0) is 4.74 Å². The Balaban J connectivity index is 1.60. The Bertz CT molecular complexity index is 529. The Morgan fingerprint density at radius 2 is 2.16 bits per heavy atom. The van der Waals surface area contributed by atoms with Crippen LogP contribution in [0.1, 0.15) is 12.8 Å². The van der Waals surface area contributed by atoms with Crippen LogP contribution in [0.3, 0.4) is 0 Å². The molecule has 5 rings (SSSR count). The summed E-state index contributed by atoms with van der Waals surface area (Å²) in [6.45, 7) is 4.28. The lowest BCUT2D eigenvalue weighted by Crippen LogP contribution is -2.55. The topological polar surface area (TPSA) is 15.7 Å². The molecule has 0 spiro atoms. The highest BCUT2D eigenvalue weighted by molar-refractivity contribution is 5.52. The van der Waals surface area contributed by atoms with Crippen molar-refractivity contribution in [1.82, 2.24) is 9.80 Å². The highest BCUT2D eigenvalue weighted by atomic mass is 16.5. The zero-order chi connectivity index (χ0) is 12.8. The Morgan fingerprint density at radius 3 is 2.84 bits per heavy atom. The molecule has 1 atom stereocenters. The molecule has 0 aromatic carbocycles. The lowest BCUT2D eigenvalue weighted by atomic mass is 9.83. The van der Waals surface area contributed by atoms with E-state index >= 15 is 0 Å². The van der Waals surface area contributed by atoms with Crippen LogP contribution in [0.5, 0.6) is 0 Å². The fourth-order valence-electron chi connectivity index (χ4n) is 3.68. The first kappa shape index (κ1) is 11.2. The number of rotatable bonds is 1. The second-order valence-electron chi connectivity index (χ2n) is 5.79. The highest BCUT2D eigenvalue weighted by Crippen LogP contribution is 2.35. The monoisotopic (exact) mass is 254 g/mol. The summed E-state index contributed by atoms with van der Waals surface area (Å²) in [4.78, 5) is 4.92. The molecule has 3 saturated heterocycles. The predicted octanol–water partition coefficient (Wildman–Crippen LogP) is 1.71. The number of hydrogen-bond donors (Lipinski definition) is 0. The molecule has 5 aliphatic rings. The highest BCUT2D eigenvalue weighted by Gasteiger charge is 2.37. The number of nitrogens with zero attached hydrogens (tertiary/aromatic N) is 2. The summed E-state index contributed by atoms with van der Waals surface area (Å²) in [6, 6.07) is 0.603. The fourth-order valence-corrected chi connectivity index (χ4v) is 3.68. The average molecular weight is 254 g/mol. The van der Waals surface area contributed by atoms with Gasteiger partial charge in [0.25, 0.3) is 0 Å². The number of terminal acetylenes is 1. The van der Waals surface area contributed by atoms with Crippen molar-refractivity contribution >= 4 is 0 Å². The first-order chi connectivity index (χ1) is 9.35. The van der Waals surface area contributed by atoms with E-state index in [4.69, 9.17) is 11.2 Å². The summed E-state index contributed by atoms with van der Waals surface area (Å²) >= 11 is 0. The van der Waals surface area contributed by atoms with Crippen LogP contribution in [0, 0.1) is 18.3 Å². The SMILES string of the molecule is C#CC1=C2C=CN([C@H]3CN4CCC3CC4)C=C2OC1. The molecular formula is C16H18N2O. The van der Waals surface area contributed by atoms with Crippen molar-refractivity contribution in [3.63, 3.8) is 0 Å². The van der Waals surface area contributed by atoms with Gasteiger partial charge in [-0.3, -0.25) is 0 Å². The number of hydrogen-bond acceptors (Lipinski definition) is 3. The number of ether oxygens (including phenoxy) is 1. The minimum absolute atomic E-state index is 0.552. The van der Waals surface area contributed by atoms with Crippen molar-refractivity contribution in [2.45, 2.75) is 18.9 Å². The molecular weight excluding hydrogens is 236 g/mol. The van der Waals surface area contributed by atoms with E-state index in [2.05, 4.69) is 34.2 Å². The van der Waals surface area contributed by atoms with E-state index in [1.54, 1.807) is 0 Å². The third-order valence-corrected chi connectivity index (χ3v) is 4.82. The molecule has 0 amide bonds. The van der Waals surface area contributed by atoms with Crippen LogP contribution in [0.25, 0.3) is 0 Å². The zero-order valence-corrected chi connectivity index (χ0v) is 11.0. The van der Waals surface area contributed by atoms with E-state index in [9.17, 15) is 0 Å². The van der Waals surface area contributed by atoms with E-state index in [0.29, 0.717) is 12.6 Å². The molecule has 0 aromatic heterocycles. The molecule has 5 heterocycles. The predicted molar refractivity (Wildman–Crippen MR) is 73.8 cm³/mol. The Hall–Kier alpha value is -1.66. The molecule has 0 N–H and O–H groups in total. The molecule has 98 valence electrons. The van der Waals surface area contributed by atoms with Crippen LogP contribution < -0.4 is 0 Å². The van der Waals surface area contributed by atoms with Crippen molar-refractivity contribution in [3.05, 3.63) is 35.4 Å². The van der Waals surface area contributed by atoms with Gasteiger partial charge in [0.15, 0.2) is 0 Å². The van der Waals surface area contributed by atoms with Crippen molar-refractivity contribution in [2.24, 2.45) is 5.92 Å². The van der Waals surface area contributed by atoms with Gasteiger partial charge in [0.2, 0.25) is 0 Å². The molecule has 0 aromatic rings. The molecule has 0 radical (unpaired) electrons. The van der Waals surface area contributed by atoms with Gasteiger partial charge >= 0.3 is 0 Å². The van der Waals surface area contributed by atoms with E-state index in [-0.39, 0.29) is 0 Å². The molecule has 3 nitrogen and oxygen atoms in total. The summed E-state index contributed by atoms with van der Waals surface area (Å²) < 4.78 is 5.70. The van der Waals surface area contributed by atoms with Crippen LogP contribution in [0.15, 0.2) is 35.4 Å². The van der Waals surface area contributed by atoms with Crippen molar-refractivity contribution in [3.8, 4) is 12.3 Å². The number of allylic oxidation sites excluding steroid dienone is 1. The molecule has 5 aliphatic heterocycles. The van der Waals surface area contributed by atoms with E-state index in [1.807, 2.05) is 0 Å². The van der Waals surface area contributed by atoms with Gasteiger partial charge in [0, 0.05) is 30.6 Å². The molecule has 3 heteroatoms. The van der Waals surface area contributed by atoms with Gasteiger partial charge in [-0.2, -0.15) is 0 Å². The summed E-state index contributed by atoms with van der Waals surface area (Å²) in [6.07, 6.45) is 14.6. The number of fused-ring (bicyclic) bond motifs is 4. The van der Waals surface area contributed by atoms with Crippen molar-refractivity contribution < 1.29 is 4.74 Å². The quantitative estimate of drug-likeness (QED) is 0.663. The second-order valence-corrected chi connectivity index (χ2v) is 5.79. The molecule has 2 bridgehead atoms. The van der Waals surface area contributed by atoms with Crippen molar-refractivity contribution in [1.29, 1.82) is 0 Å². The van der Waals surface area contributed by atoms with Crippen LogP contribution in [0.4, 0.5) is 0 Å². The summed E-state index contributed by atoms with van der Waals surface area (Å²) in [5, 5.41) is 0. The third-order valence-electron chi connectivity index (χ3n) is 4.82. The van der Waals surface area contributed by atoms with E-state index < -0.39 is 0 Å². The first-order valence-corrected chi connectivity index (χ1v) is 7.08. The minimum atomic E-state index is 0.552. The summed E-state index contributed by atoms with van der Waals surface area (Å²) in [7, 11) is 0. The van der Waals surface area contributed by atoms with Crippen LogP contribution in [-0.4, -0.2) is 42.1 Å². The number of piperidine rings is 3. The summed E-state index contributed by atoms with van der Waals surface area (Å²) in [5.41, 5.74) is 2.07. The standard InChI is InChI=1S/C16H18N2O/c1-2-12-11-19-16-10-18(8-5-14(12)16)15-9-17-6-3-13(15)4-7-17/h1,5,8,10,13,15H,3-4,6-7,9,11H2/t15-/m0/s1. The maximum absolute atomic E-state index is 5.70. The second kappa shape index (κ2) is 4.18. The van der Waals surface area contributed by atoms with E-state index in [1.165, 1.54) is 32.5 Å². The first-order valence-electron chi connectivity index (χ1n) is 7.08. The molecule has 3 fully saturated rings. The van der Waals surface area contributed by atoms with Gasteiger partial charge in [-0.15, -0.1) is 6.42 Å². The smallest absolute Gasteiger partial charge is 0.144 e. The van der Waals surface area contributed by atoms with Gasteiger partial charge in [0.1, 0.15) is 12.4 Å². The maximum atomic E-state index is 5.70. The Morgan fingerprint density at radius 1 is 1.32 bits per heavy atom. The van der Waals surface area contributed by atoms with Crippen LogP contribution in [0.2, 0.25) is 0 Å². The van der Waals surface area contributed by atoms with Crippen LogP contribution >= 0.6 is 0 Å². The normalized spacial score (nSPS) is 35.8. The molecule has 0 aliphatic carbocycles. The largest absolute Gasteiger partial charge is 0.486 e. The summed E-state index contributed by atoms with van der Waals surface area (Å²) in [5.74, 6) is 4.50. The maximum Gasteiger partial charge on any atom is 0.144 e. The molecule has 0 saturated carbocycles. The van der Waals surface area contributed by atoms with Gasteiger partial charge in [-0.1, -0.05) is 5.92 Å². The lowest BCUT2D eigenvalue weighted by molar-refractivity contribution is 0.0399. The lowest BCUT2D eigenvalue weighted by Gasteiger charge is -2.48. The molecule has 19 heavy (non-hydrogen) atoms.